The molecule has 4 nitrogen and oxygen atoms in total. The number of para-hydroxylation sites is 1. The molecule has 0 aliphatic carbocycles. The lowest BCUT2D eigenvalue weighted by molar-refractivity contribution is -0.118. The molecule has 1 amide bonds. The Balaban J connectivity index is 1.62. The highest BCUT2D eigenvalue weighted by atomic mass is 19.1. The maximum atomic E-state index is 13.9. The molecule has 0 atom stereocenters. The molecule has 2 aromatic carbocycles. The lowest BCUT2D eigenvalue weighted by Crippen LogP contribution is -2.22. The van der Waals surface area contributed by atoms with Gasteiger partial charge in [-0.1, -0.05) is 18.2 Å². The summed E-state index contributed by atoms with van der Waals surface area (Å²) in [6.45, 7) is 1.78. The first-order valence-corrected chi connectivity index (χ1v) is 7.74. The number of ether oxygens (including phenoxy) is 1. The highest BCUT2D eigenvalue weighted by molar-refractivity contribution is 5.92. The number of anilines is 2. The van der Waals surface area contributed by atoms with E-state index in [4.69, 9.17) is 4.74 Å². The van der Waals surface area contributed by atoms with Crippen LogP contribution in [0, 0.1) is 5.82 Å². The van der Waals surface area contributed by atoms with E-state index in [1.807, 2.05) is 18.2 Å². The quantitative estimate of drug-likeness (QED) is 0.919. The minimum Gasteiger partial charge on any atom is -0.484 e. The number of hydrogen-bond donors (Lipinski definition) is 1. The average molecular weight is 314 g/mol. The summed E-state index contributed by atoms with van der Waals surface area (Å²) in [5.74, 6) is -0.221. The summed E-state index contributed by atoms with van der Waals surface area (Å²) in [4.78, 5) is 14.1. The van der Waals surface area contributed by atoms with Crippen molar-refractivity contribution in [1.82, 2.24) is 0 Å². The Labute approximate surface area is 134 Å². The summed E-state index contributed by atoms with van der Waals surface area (Å²) in [5.41, 5.74) is 1.12. The third kappa shape index (κ3) is 4.00. The van der Waals surface area contributed by atoms with E-state index in [2.05, 4.69) is 10.2 Å². The number of carbonyl (C=O) groups excluding carboxylic acids is 1. The highest BCUT2D eigenvalue weighted by Gasteiger charge is 2.15. The topological polar surface area (TPSA) is 41.6 Å². The Kier molecular flexibility index (Phi) is 4.76. The summed E-state index contributed by atoms with van der Waals surface area (Å²) >= 11 is 0. The number of hydrogen-bond acceptors (Lipinski definition) is 3. The minimum absolute atomic E-state index is 0.155. The van der Waals surface area contributed by atoms with E-state index in [0.29, 0.717) is 5.75 Å². The van der Waals surface area contributed by atoms with Gasteiger partial charge in [0.05, 0.1) is 5.69 Å². The molecule has 1 N–H and O–H groups in total. The second-order valence-corrected chi connectivity index (χ2v) is 5.51. The molecule has 0 spiro atoms. The van der Waals surface area contributed by atoms with E-state index in [1.165, 1.54) is 6.07 Å². The molecule has 23 heavy (non-hydrogen) atoms. The fourth-order valence-electron chi connectivity index (χ4n) is 2.63. The van der Waals surface area contributed by atoms with Gasteiger partial charge in [0.1, 0.15) is 11.6 Å². The number of amides is 1. The Morgan fingerprint density at radius 1 is 1.13 bits per heavy atom. The van der Waals surface area contributed by atoms with Crippen LogP contribution < -0.4 is 15.0 Å². The summed E-state index contributed by atoms with van der Waals surface area (Å²) in [5, 5.41) is 2.58. The lowest BCUT2D eigenvalue weighted by Gasteiger charge is -2.19. The van der Waals surface area contributed by atoms with Crippen LogP contribution in [0.2, 0.25) is 0 Å². The van der Waals surface area contributed by atoms with Crippen molar-refractivity contribution in [3.05, 3.63) is 54.3 Å². The predicted octanol–water partition coefficient (Wildman–Crippen LogP) is 3.44. The molecule has 1 fully saturated rings. The summed E-state index contributed by atoms with van der Waals surface area (Å²) in [6, 6.07) is 13.9. The number of rotatable bonds is 5. The zero-order valence-electron chi connectivity index (χ0n) is 12.8. The van der Waals surface area contributed by atoms with Gasteiger partial charge < -0.3 is 15.0 Å². The maximum Gasteiger partial charge on any atom is 0.262 e. The van der Waals surface area contributed by atoms with Crippen LogP contribution in [0.3, 0.4) is 0 Å². The van der Waals surface area contributed by atoms with Gasteiger partial charge in [-0.2, -0.15) is 0 Å². The van der Waals surface area contributed by atoms with Gasteiger partial charge in [-0.25, -0.2) is 4.39 Å². The van der Waals surface area contributed by atoms with Crippen molar-refractivity contribution in [3.63, 3.8) is 0 Å². The average Bonchev–Trinajstić information content (AvgIpc) is 3.10. The van der Waals surface area contributed by atoms with Crippen LogP contribution in [-0.2, 0) is 4.79 Å². The molecular formula is C18H19FN2O2. The predicted molar refractivity (Wildman–Crippen MR) is 88.4 cm³/mol. The van der Waals surface area contributed by atoms with E-state index in [0.717, 1.165) is 31.6 Å². The van der Waals surface area contributed by atoms with Crippen molar-refractivity contribution in [2.75, 3.05) is 29.9 Å². The standard InChI is InChI=1S/C18H19FN2O2/c19-16-9-8-14(21-10-4-5-11-21)12-17(16)20-18(22)13-23-15-6-2-1-3-7-15/h1-3,6-9,12H,4-5,10-11,13H2,(H,20,22). The van der Waals surface area contributed by atoms with Crippen LogP contribution in [-0.4, -0.2) is 25.6 Å². The van der Waals surface area contributed by atoms with Crippen molar-refractivity contribution in [3.8, 4) is 5.75 Å². The minimum atomic E-state index is -0.444. The molecule has 0 radical (unpaired) electrons. The molecule has 1 saturated heterocycles. The van der Waals surface area contributed by atoms with Gasteiger partial charge in [0.2, 0.25) is 0 Å². The van der Waals surface area contributed by atoms with Crippen molar-refractivity contribution in [1.29, 1.82) is 0 Å². The monoisotopic (exact) mass is 314 g/mol. The third-order valence-electron chi connectivity index (χ3n) is 3.81. The van der Waals surface area contributed by atoms with Crippen LogP contribution in [0.4, 0.5) is 15.8 Å². The van der Waals surface area contributed by atoms with E-state index >= 15 is 0 Å². The van der Waals surface area contributed by atoms with Gasteiger partial charge in [-0.15, -0.1) is 0 Å². The van der Waals surface area contributed by atoms with E-state index in [9.17, 15) is 9.18 Å². The van der Waals surface area contributed by atoms with Gasteiger partial charge in [0.15, 0.2) is 6.61 Å². The number of nitrogens with one attached hydrogen (secondary N) is 1. The lowest BCUT2D eigenvalue weighted by atomic mass is 10.2. The number of halogens is 1. The van der Waals surface area contributed by atoms with Crippen LogP contribution in [0.1, 0.15) is 12.8 Å². The van der Waals surface area contributed by atoms with E-state index in [1.54, 1.807) is 24.3 Å². The summed E-state index contributed by atoms with van der Waals surface area (Å²) in [6.07, 6.45) is 2.29. The smallest absolute Gasteiger partial charge is 0.262 e. The van der Waals surface area contributed by atoms with Crippen molar-refractivity contribution < 1.29 is 13.9 Å². The first-order valence-electron chi connectivity index (χ1n) is 7.74. The fourth-order valence-corrected chi connectivity index (χ4v) is 2.63. The third-order valence-corrected chi connectivity index (χ3v) is 3.81. The van der Waals surface area contributed by atoms with Crippen molar-refractivity contribution in [2.45, 2.75) is 12.8 Å². The zero-order chi connectivity index (χ0) is 16.1. The van der Waals surface area contributed by atoms with Gasteiger partial charge in [0, 0.05) is 18.8 Å². The van der Waals surface area contributed by atoms with Gasteiger partial charge in [-0.3, -0.25) is 4.79 Å². The SMILES string of the molecule is O=C(COc1ccccc1)Nc1cc(N2CCCC2)ccc1F. The van der Waals surface area contributed by atoms with Gasteiger partial charge in [0.25, 0.3) is 5.91 Å². The molecule has 1 heterocycles. The normalized spacial score (nSPS) is 13.9. The molecule has 5 heteroatoms. The van der Waals surface area contributed by atoms with Crippen LogP contribution in [0.25, 0.3) is 0 Å². The summed E-state index contributed by atoms with van der Waals surface area (Å²) in [7, 11) is 0. The Morgan fingerprint density at radius 3 is 2.61 bits per heavy atom. The molecule has 0 saturated carbocycles. The van der Waals surface area contributed by atoms with E-state index in [-0.39, 0.29) is 18.2 Å². The maximum absolute atomic E-state index is 13.9. The molecule has 120 valence electrons. The zero-order valence-corrected chi connectivity index (χ0v) is 12.8. The van der Waals surface area contributed by atoms with Crippen molar-refractivity contribution in [2.24, 2.45) is 0 Å². The number of benzene rings is 2. The van der Waals surface area contributed by atoms with Gasteiger partial charge >= 0.3 is 0 Å². The van der Waals surface area contributed by atoms with Crippen LogP contribution in [0.15, 0.2) is 48.5 Å². The molecular weight excluding hydrogens is 295 g/mol. The first-order chi connectivity index (χ1) is 11.2. The summed E-state index contributed by atoms with van der Waals surface area (Å²) < 4.78 is 19.3. The first kappa shape index (κ1) is 15.3. The number of nitrogens with zero attached hydrogens (tertiary/aromatic N) is 1. The van der Waals surface area contributed by atoms with Crippen LogP contribution >= 0.6 is 0 Å². The molecule has 1 aliphatic rings. The second kappa shape index (κ2) is 7.13. The number of carbonyl (C=O) groups is 1. The molecule has 0 unspecified atom stereocenters. The van der Waals surface area contributed by atoms with Gasteiger partial charge in [-0.05, 0) is 43.2 Å². The molecule has 3 rings (SSSR count). The molecule has 2 aromatic rings. The Morgan fingerprint density at radius 2 is 1.87 bits per heavy atom. The largest absolute Gasteiger partial charge is 0.484 e. The molecule has 0 aromatic heterocycles. The van der Waals surface area contributed by atoms with Crippen molar-refractivity contribution >= 4 is 17.3 Å². The fraction of sp³-hybridized carbons (Fsp3) is 0.278. The van der Waals surface area contributed by atoms with Crippen LogP contribution in [0.5, 0.6) is 5.75 Å². The second-order valence-electron chi connectivity index (χ2n) is 5.51. The van der Waals surface area contributed by atoms with E-state index < -0.39 is 5.82 Å². The molecule has 1 aliphatic heterocycles. The Hall–Kier alpha value is -2.56. The highest BCUT2D eigenvalue weighted by Crippen LogP contribution is 2.25. The Bertz CT molecular complexity index is 670. The molecule has 0 bridgehead atoms.